The number of hydrogen-bond acceptors (Lipinski definition) is 7. The minimum Gasteiger partial charge on any atom is -0.455 e. The molecule has 7 nitrogen and oxygen atoms in total. The maximum absolute atomic E-state index is 11.5. The number of furan rings is 1. The Morgan fingerprint density at radius 3 is 3.07 bits per heavy atom. The molecule has 0 atom stereocenters. The number of carbonyl (C=O) groups excluding carboxylic acids is 1. The van der Waals surface area contributed by atoms with E-state index in [-0.39, 0.29) is 12.3 Å². The van der Waals surface area contributed by atoms with Gasteiger partial charge in [0.1, 0.15) is 5.76 Å². The molecule has 0 aliphatic rings. The molecule has 0 aromatic carbocycles. The molecule has 8 heteroatoms. The zero-order valence-electron chi connectivity index (χ0n) is 7.51. The number of nitrogens with one attached hydrogen (secondary N) is 1. The molecule has 0 bridgehead atoms. The van der Waals surface area contributed by atoms with Crippen molar-refractivity contribution in [3.05, 3.63) is 23.7 Å². The summed E-state index contributed by atoms with van der Waals surface area (Å²) < 4.78 is 8.65. The Balaban J connectivity index is 2.08. The van der Waals surface area contributed by atoms with Crippen LogP contribution >= 0.6 is 11.5 Å². The molecule has 2 heterocycles. The lowest BCUT2D eigenvalue weighted by Crippen LogP contribution is -2.10. The Labute approximate surface area is 88.4 Å². The van der Waals surface area contributed by atoms with Crippen LogP contribution in [0.5, 0.6) is 0 Å². The van der Waals surface area contributed by atoms with E-state index < -0.39 is 5.91 Å². The second-order valence-corrected chi connectivity index (χ2v) is 3.32. The normalized spacial score (nSPS) is 10.2. The first kappa shape index (κ1) is 9.74. The molecule has 2 aromatic heterocycles. The first-order chi connectivity index (χ1) is 7.29. The number of anilines is 1. The lowest BCUT2D eigenvalue weighted by Gasteiger charge is -1.95. The van der Waals surface area contributed by atoms with Crippen molar-refractivity contribution in [2.24, 2.45) is 5.73 Å². The summed E-state index contributed by atoms with van der Waals surface area (Å²) >= 11 is 0.988. The molecule has 0 saturated heterocycles. The Hall–Kier alpha value is -1.80. The van der Waals surface area contributed by atoms with E-state index in [2.05, 4.69) is 20.1 Å². The monoisotopic (exact) mass is 225 g/mol. The molecular weight excluding hydrogens is 218 g/mol. The van der Waals surface area contributed by atoms with Gasteiger partial charge in [0.15, 0.2) is 5.76 Å². The van der Waals surface area contributed by atoms with Gasteiger partial charge in [0.25, 0.3) is 5.91 Å². The number of nitrogens with two attached hydrogens (primary N) is 1. The van der Waals surface area contributed by atoms with E-state index in [9.17, 15) is 4.79 Å². The van der Waals surface area contributed by atoms with Gasteiger partial charge in [0.05, 0.1) is 6.54 Å². The largest absolute Gasteiger partial charge is 0.455 e. The van der Waals surface area contributed by atoms with Crippen molar-refractivity contribution in [2.75, 3.05) is 5.32 Å². The molecule has 3 N–H and O–H groups in total. The van der Waals surface area contributed by atoms with Crippen LogP contribution in [-0.4, -0.2) is 20.7 Å². The lowest BCUT2D eigenvalue weighted by atomic mass is 10.4. The predicted octanol–water partition coefficient (Wildman–Crippen LogP) is 0.237. The van der Waals surface area contributed by atoms with Crippen LogP contribution in [0, 0.1) is 0 Å². The van der Waals surface area contributed by atoms with Crippen LogP contribution in [0.1, 0.15) is 16.3 Å². The van der Waals surface area contributed by atoms with E-state index in [1.807, 2.05) is 0 Å². The molecule has 1 amide bonds. The molecule has 2 rings (SSSR count). The van der Waals surface area contributed by atoms with Crippen molar-refractivity contribution in [3.8, 4) is 0 Å². The summed E-state index contributed by atoms with van der Waals surface area (Å²) in [5, 5.41) is 9.72. The zero-order chi connectivity index (χ0) is 10.7. The van der Waals surface area contributed by atoms with Crippen molar-refractivity contribution in [1.29, 1.82) is 0 Å². The molecule has 15 heavy (non-hydrogen) atoms. The Bertz CT molecular complexity index is 452. The van der Waals surface area contributed by atoms with Crippen molar-refractivity contribution < 1.29 is 9.21 Å². The van der Waals surface area contributed by atoms with Gasteiger partial charge in [0, 0.05) is 11.5 Å². The number of nitrogens with zero attached hydrogens (tertiary/aromatic N) is 3. The molecule has 0 aliphatic carbocycles. The molecule has 78 valence electrons. The summed E-state index contributed by atoms with van der Waals surface area (Å²) in [6.07, 6.45) is 0. The van der Waals surface area contributed by atoms with Crippen LogP contribution in [0.3, 0.4) is 0 Å². The van der Waals surface area contributed by atoms with Crippen molar-refractivity contribution >= 4 is 22.6 Å². The van der Waals surface area contributed by atoms with Crippen LogP contribution in [0.4, 0.5) is 5.13 Å². The van der Waals surface area contributed by atoms with E-state index in [1.54, 1.807) is 12.1 Å². The van der Waals surface area contributed by atoms with E-state index in [4.69, 9.17) is 10.2 Å². The summed E-state index contributed by atoms with van der Waals surface area (Å²) in [7, 11) is 0. The fourth-order valence-electron chi connectivity index (χ4n) is 0.950. The lowest BCUT2D eigenvalue weighted by molar-refractivity contribution is 0.0995. The SMILES string of the molecule is NCc1ccc(C(=O)Nc2nnns2)o1. The minimum atomic E-state index is -0.395. The van der Waals surface area contributed by atoms with Gasteiger partial charge in [-0.15, -0.1) is 0 Å². The number of aromatic nitrogens is 3. The highest BCUT2D eigenvalue weighted by Gasteiger charge is 2.12. The Morgan fingerprint density at radius 2 is 2.47 bits per heavy atom. The zero-order valence-corrected chi connectivity index (χ0v) is 8.32. The molecule has 0 saturated carbocycles. The first-order valence-electron chi connectivity index (χ1n) is 4.05. The molecule has 0 fully saturated rings. The van der Waals surface area contributed by atoms with Crippen LogP contribution in [0.25, 0.3) is 0 Å². The molecular formula is C7H7N5O2S. The average molecular weight is 225 g/mol. The fourth-order valence-corrected chi connectivity index (χ4v) is 1.31. The fraction of sp³-hybridized carbons (Fsp3) is 0.143. The minimum absolute atomic E-state index is 0.186. The van der Waals surface area contributed by atoms with Gasteiger partial charge in [-0.3, -0.25) is 10.1 Å². The van der Waals surface area contributed by atoms with Gasteiger partial charge >= 0.3 is 0 Å². The summed E-state index contributed by atoms with van der Waals surface area (Å²) in [6.45, 7) is 0.258. The van der Waals surface area contributed by atoms with E-state index in [1.165, 1.54) is 0 Å². The quantitative estimate of drug-likeness (QED) is 0.774. The maximum Gasteiger partial charge on any atom is 0.293 e. The second-order valence-electron chi connectivity index (χ2n) is 2.59. The van der Waals surface area contributed by atoms with Gasteiger partial charge in [0.2, 0.25) is 5.13 Å². The van der Waals surface area contributed by atoms with Gasteiger partial charge < -0.3 is 10.2 Å². The van der Waals surface area contributed by atoms with Crippen LogP contribution < -0.4 is 11.1 Å². The molecule has 0 aliphatic heterocycles. The third-order valence-corrected chi connectivity index (χ3v) is 2.12. The van der Waals surface area contributed by atoms with Gasteiger partial charge in [-0.05, 0) is 17.3 Å². The van der Waals surface area contributed by atoms with Crippen LogP contribution in [0.15, 0.2) is 16.5 Å². The Morgan fingerprint density at radius 1 is 1.60 bits per heavy atom. The molecule has 2 aromatic rings. The summed E-state index contributed by atoms with van der Waals surface area (Å²) in [5.74, 6) is 0.342. The van der Waals surface area contributed by atoms with Gasteiger partial charge in [-0.2, -0.15) is 0 Å². The van der Waals surface area contributed by atoms with Crippen molar-refractivity contribution in [3.63, 3.8) is 0 Å². The number of hydrogen-bond donors (Lipinski definition) is 2. The number of amides is 1. The van der Waals surface area contributed by atoms with E-state index in [0.717, 1.165) is 11.5 Å². The number of rotatable bonds is 3. The van der Waals surface area contributed by atoms with Crippen molar-refractivity contribution in [2.45, 2.75) is 6.54 Å². The third kappa shape index (κ3) is 2.17. The Kier molecular flexibility index (Phi) is 2.70. The smallest absolute Gasteiger partial charge is 0.293 e. The van der Waals surface area contributed by atoms with Crippen LogP contribution in [-0.2, 0) is 6.54 Å². The first-order valence-corrected chi connectivity index (χ1v) is 4.82. The summed E-state index contributed by atoms with van der Waals surface area (Å²) in [5.41, 5.74) is 5.34. The predicted molar refractivity (Wildman–Crippen MR) is 52.3 cm³/mol. The summed E-state index contributed by atoms with van der Waals surface area (Å²) in [4.78, 5) is 11.5. The highest BCUT2D eigenvalue weighted by Crippen LogP contribution is 2.11. The second kappa shape index (κ2) is 4.15. The van der Waals surface area contributed by atoms with Gasteiger partial charge in [-0.1, -0.05) is 9.59 Å². The number of carbonyl (C=O) groups is 1. The molecule has 0 radical (unpaired) electrons. The van der Waals surface area contributed by atoms with Crippen molar-refractivity contribution in [1.82, 2.24) is 14.8 Å². The van der Waals surface area contributed by atoms with E-state index in [0.29, 0.717) is 10.9 Å². The summed E-state index contributed by atoms with van der Waals surface area (Å²) in [6, 6.07) is 3.19. The van der Waals surface area contributed by atoms with E-state index >= 15 is 0 Å². The molecule has 0 spiro atoms. The third-order valence-electron chi connectivity index (χ3n) is 1.61. The van der Waals surface area contributed by atoms with Gasteiger partial charge in [-0.25, -0.2) is 0 Å². The standard InChI is InChI=1S/C7H7N5O2S/c8-3-4-1-2-5(14-4)6(13)9-7-10-11-12-15-7/h1-2H,3,8H2,(H,9,10,12,13). The maximum atomic E-state index is 11.5. The van der Waals surface area contributed by atoms with Crippen LogP contribution in [0.2, 0.25) is 0 Å². The highest BCUT2D eigenvalue weighted by atomic mass is 32.1. The average Bonchev–Trinajstić information content (AvgIpc) is 2.86. The highest BCUT2D eigenvalue weighted by molar-refractivity contribution is 7.09. The topological polar surface area (TPSA) is 107 Å². The molecule has 0 unspecified atom stereocenters.